The highest BCUT2D eigenvalue weighted by Crippen LogP contribution is 2.47. The van der Waals surface area contributed by atoms with Gasteiger partial charge in [0.15, 0.2) is 0 Å². The Morgan fingerprint density at radius 3 is 2.62 bits per heavy atom. The fourth-order valence-electron chi connectivity index (χ4n) is 4.05. The molecule has 3 nitrogen and oxygen atoms in total. The second-order valence-corrected chi connectivity index (χ2v) is 7.99. The molecule has 3 heteroatoms. The molecule has 1 aromatic heterocycles. The fraction of sp³-hybridized carbons (Fsp3) is 0.833. The second kappa shape index (κ2) is 5.42. The summed E-state index contributed by atoms with van der Waals surface area (Å²) in [6.07, 6.45) is 14.4. The molecule has 0 spiro atoms. The van der Waals surface area contributed by atoms with E-state index in [1.807, 2.05) is 0 Å². The summed E-state index contributed by atoms with van der Waals surface area (Å²) in [7, 11) is 0. The molecule has 116 valence electrons. The fourth-order valence-corrected chi connectivity index (χ4v) is 4.05. The Bertz CT molecular complexity index is 480. The van der Waals surface area contributed by atoms with E-state index >= 15 is 0 Å². The van der Waals surface area contributed by atoms with Gasteiger partial charge in [-0.1, -0.05) is 19.8 Å². The Balaban J connectivity index is 1.41. The summed E-state index contributed by atoms with van der Waals surface area (Å²) in [5.74, 6) is 0.917. The van der Waals surface area contributed by atoms with Gasteiger partial charge in [0.2, 0.25) is 0 Å². The SMILES string of the molecule is CC(CNC1CC1)(Cc1ccn(C2CCCC2)n1)C1CC1. The molecule has 1 N–H and O–H groups in total. The van der Waals surface area contributed by atoms with Gasteiger partial charge in [0.05, 0.1) is 11.7 Å². The number of rotatable bonds is 7. The molecule has 1 aromatic rings. The van der Waals surface area contributed by atoms with Gasteiger partial charge in [0.1, 0.15) is 0 Å². The van der Waals surface area contributed by atoms with Crippen LogP contribution in [-0.4, -0.2) is 22.4 Å². The van der Waals surface area contributed by atoms with Crippen molar-refractivity contribution < 1.29 is 0 Å². The van der Waals surface area contributed by atoms with Crippen LogP contribution >= 0.6 is 0 Å². The average Bonchev–Trinajstić information content (AvgIpc) is 3.39. The first-order valence-corrected chi connectivity index (χ1v) is 9.00. The predicted molar refractivity (Wildman–Crippen MR) is 85.3 cm³/mol. The molecule has 0 saturated heterocycles. The van der Waals surface area contributed by atoms with Crippen molar-refractivity contribution in [3.63, 3.8) is 0 Å². The van der Waals surface area contributed by atoms with Crippen molar-refractivity contribution in [2.75, 3.05) is 6.54 Å². The summed E-state index contributed by atoms with van der Waals surface area (Å²) < 4.78 is 2.25. The molecule has 3 aliphatic rings. The molecule has 1 heterocycles. The summed E-state index contributed by atoms with van der Waals surface area (Å²) in [5, 5.41) is 8.69. The largest absolute Gasteiger partial charge is 0.313 e. The van der Waals surface area contributed by atoms with Gasteiger partial charge in [0, 0.05) is 18.8 Å². The third-order valence-corrected chi connectivity index (χ3v) is 5.88. The van der Waals surface area contributed by atoms with Crippen molar-refractivity contribution in [3.05, 3.63) is 18.0 Å². The minimum absolute atomic E-state index is 0.414. The van der Waals surface area contributed by atoms with Crippen molar-refractivity contribution in [1.29, 1.82) is 0 Å². The van der Waals surface area contributed by atoms with Crippen molar-refractivity contribution in [2.24, 2.45) is 11.3 Å². The Hall–Kier alpha value is -0.830. The molecule has 0 aromatic carbocycles. The predicted octanol–water partition coefficient (Wildman–Crippen LogP) is 3.71. The Labute approximate surface area is 128 Å². The lowest BCUT2D eigenvalue weighted by Crippen LogP contribution is -2.36. The van der Waals surface area contributed by atoms with Gasteiger partial charge >= 0.3 is 0 Å². The van der Waals surface area contributed by atoms with Crippen LogP contribution in [0.2, 0.25) is 0 Å². The first-order valence-electron chi connectivity index (χ1n) is 9.00. The number of nitrogens with zero attached hydrogens (tertiary/aromatic N) is 2. The summed E-state index contributed by atoms with van der Waals surface area (Å²) in [4.78, 5) is 0. The highest BCUT2D eigenvalue weighted by molar-refractivity contribution is 5.07. The van der Waals surface area contributed by atoms with E-state index in [1.165, 1.54) is 63.6 Å². The zero-order valence-electron chi connectivity index (χ0n) is 13.4. The highest BCUT2D eigenvalue weighted by Gasteiger charge is 2.42. The quantitative estimate of drug-likeness (QED) is 0.828. The molecule has 0 radical (unpaired) electrons. The maximum atomic E-state index is 4.92. The average molecular weight is 287 g/mol. The second-order valence-electron chi connectivity index (χ2n) is 7.99. The lowest BCUT2D eigenvalue weighted by Gasteiger charge is -2.29. The first-order chi connectivity index (χ1) is 10.2. The van der Waals surface area contributed by atoms with E-state index in [1.54, 1.807) is 0 Å². The van der Waals surface area contributed by atoms with Gasteiger partial charge in [-0.05, 0) is 62.3 Å². The van der Waals surface area contributed by atoms with Crippen LogP contribution in [0.3, 0.4) is 0 Å². The van der Waals surface area contributed by atoms with Gasteiger partial charge in [-0.25, -0.2) is 0 Å². The number of hydrogen-bond acceptors (Lipinski definition) is 2. The lowest BCUT2D eigenvalue weighted by atomic mass is 9.80. The summed E-state index contributed by atoms with van der Waals surface area (Å²) in [6, 6.07) is 3.77. The Kier molecular flexibility index (Phi) is 3.56. The third-order valence-electron chi connectivity index (χ3n) is 5.88. The molecule has 1 unspecified atom stereocenters. The van der Waals surface area contributed by atoms with E-state index in [-0.39, 0.29) is 0 Å². The van der Waals surface area contributed by atoms with E-state index in [2.05, 4.69) is 29.2 Å². The minimum atomic E-state index is 0.414. The molecular formula is C18H29N3. The number of hydrogen-bond donors (Lipinski definition) is 1. The summed E-state index contributed by atoms with van der Waals surface area (Å²) >= 11 is 0. The Morgan fingerprint density at radius 2 is 1.95 bits per heavy atom. The molecule has 3 saturated carbocycles. The van der Waals surface area contributed by atoms with Gasteiger partial charge in [-0.3, -0.25) is 4.68 Å². The molecular weight excluding hydrogens is 258 g/mol. The van der Waals surface area contributed by atoms with Gasteiger partial charge < -0.3 is 5.32 Å². The number of nitrogens with one attached hydrogen (secondary N) is 1. The maximum absolute atomic E-state index is 4.92. The molecule has 0 aliphatic heterocycles. The van der Waals surface area contributed by atoms with Crippen molar-refractivity contribution in [1.82, 2.24) is 15.1 Å². The van der Waals surface area contributed by atoms with Crippen LogP contribution in [0, 0.1) is 11.3 Å². The highest BCUT2D eigenvalue weighted by atomic mass is 15.3. The zero-order chi connectivity index (χ0) is 14.3. The molecule has 3 fully saturated rings. The van der Waals surface area contributed by atoms with Crippen LogP contribution < -0.4 is 5.32 Å². The van der Waals surface area contributed by atoms with Gasteiger partial charge in [-0.15, -0.1) is 0 Å². The van der Waals surface area contributed by atoms with E-state index in [4.69, 9.17) is 5.10 Å². The van der Waals surface area contributed by atoms with E-state index < -0.39 is 0 Å². The van der Waals surface area contributed by atoms with Crippen molar-refractivity contribution in [2.45, 2.75) is 76.8 Å². The standard InChI is InChI=1S/C18H29N3/c1-18(14-6-7-14,13-19-15-8-9-15)12-16-10-11-21(20-16)17-4-2-3-5-17/h10-11,14-15,17,19H,2-9,12-13H2,1H3. The molecule has 4 rings (SSSR count). The van der Waals surface area contributed by atoms with Crippen LogP contribution in [-0.2, 0) is 6.42 Å². The molecule has 3 aliphatic carbocycles. The van der Waals surface area contributed by atoms with Gasteiger partial charge in [-0.2, -0.15) is 5.10 Å². The smallest absolute Gasteiger partial charge is 0.0630 e. The van der Waals surface area contributed by atoms with Gasteiger partial charge in [0.25, 0.3) is 0 Å². The monoisotopic (exact) mass is 287 g/mol. The van der Waals surface area contributed by atoms with E-state index in [0.29, 0.717) is 11.5 Å². The van der Waals surface area contributed by atoms with Crippen LogP contribution in [0.5, 0.6) is 0 Å². The van der Waals surface area contributed by atoms with Crippen LogP contribution in [0.1, 0.15) is 70.0 Å². The zero-order valence-corrected chi connectivity index (χ0v) is 13.4. The van der Waals surface area contributed by atoms with Crippen LogP contribution in [0.25, 0.3) is 0 Å². The minimum Gasteiger partial charge on any atom is -0.313 e. The van der Waals surface area contributed by atoms with Crippen molar-refractivity contribution >= 4 is 0 Å². The normalized spacial score (nSPS) is 26.1. The number of aromatic nitrogens is 2. The molecule has 1 atom stereocenters. The summed E-state index contributed by atoms with van der Waals surface area (Å²) in [6.45, 7) is 3.66. The first kappa shape index (κ1) is 13.8. The topological polar surface area (TPSA) is 29.9 Å². The van der Waals surface area contributed by atoms with E-state index in [0.717, 1.165) is 18.4 Å². The van der Waals surface area contributed by atoms with Crippen LogP contribution in [0.15, 0.2) is 12.3 Å². The third kappa shape index (κ3) is 3.18. The Morgan fingerprint density at radius 1 is 1.19 bits per heavy atom. The molecule has 21 heavy (non-hydrogen) atoms. The summed E-state index contributed by atoms with van der Waals surface area (Å²) in [5.41, 5.74) is 1.73. The maximum Gasteiger partial charge on any atom is 0.0630 e. The molecule has 0 amide bonds. The van der Waals surface area contributed by atoms with E-state index in [9.17, 15) is 0 Å². The molecule has 0 bridgehead atoms. The van der Waals surface area contributed by atoms with Crippen molar-refractivity contribution in [3.8, 4) is 0 Å². The van der Waals surface area contributed by atoms with Crippen LogP contribution in [0.4, 0.5) is 0 Å². The lowest BCUT2D eigenvalue weighted by molar-refractivity contribution is 0.251.